The molecule has 0 spiro atoms. The number of likely N-dealkylation sites (N-methyl/N-ethyl adjacent to an activating group) is 1. The molecule has 1 fully saturated rings. The van der Waals surface area contributed by atoms with Crippen molar-refractivity contribution in [1.29, 1.82) is 0 Å². The molecule has 0 saturated carbocycles. The molecule has 178 valence electrons. The van der Waals surface area contributed by atoms with Crippen molar-refractivity contribution in [3.05, 3.63) is 29.8 Å². The van der Waals surface area contributed by atoms with Crippen LogP contribution in [-0.2, 0) is 16.0 Å². The maximum atomic E-state index is 12.4. The number of nitrogens with zero attached hydrogens (tertiary/aromatic N) is 4. The average molecular weight is 471 g/mol. The van der Waals surface area contributed by atoms with E-state index < -0.39 is 0 Å². The third-order valence-electron chi connectivity index (χ3n) is 5.58. The van der Waals surface area contributed by atoms with Gasteiger partial charge in [-0.1, -0.05) is 42.5 Å². The highest BCUT2D eigenvalue weighted by molar-refractivity contribution is 7.20. The molecule has 1 amide bonds. The predicted octanol–water partition coefficient (Wildman–Crippen LogP) is 3.96. The molecule has 0 aliphatic carbocycles. The van der Waals surface area contributed by atoms with Gasteiger partial charge in [0.25, 0.3) is 0 Å². The summed E-state index contributed by atoms with van der Waals surface area (Å²) < 4.78 is 7.43. The van der Waals surface area contributed by atoms with Gasteiger partial charge in [0.2, 0.25) is 16.0 Å². The van der Waals surface area contributed by atoms with Crippen LogP contribution >= 0.6 is 11.3 Å². The first-order valence-corrected chi connectivity index (χ1v) is 12.4. The minimum absolute atomic E-state index is 0.0365. The van der Waals surface area contributed by atoms with Gasteiger partial charge in [-0.3, -0.25) is 4.79 Å². The van der Waals surface area contributed by atoms with Gasteiger partial charge in [-0.15, -0.1) is 5.10 Å². The second kappa shape index (κ2) is 9.69. The van der Waals surface area contributed by atoms with Gasteiger partial charge in [0.15, 0.2) is 5.82 Å². The molecule has 3 aromatic rings. The molecule has 1 aliphatic rings. The fraction of sp³-hybridized carbons (Fsp3) is 0.542. The van der Waals surface area contributed by atoms with Gasteiger partial charge in [-0.05, 0) is 45.6 Å². The maximum Gasteiger partial charge on any atom is 0.239 e. The summed E-state index contributed by atoms with van der Waals surface area (Å²) in [6.45, 7) is 10.1. The lowest BCUT2D eigenvalue weighted by Crippen LogP contribution is -2.38. The largest absolute Gasteiger partial charge is 0.376 e. The summed E-state index contributed by atoms with van der Waals surface area (Å²) in [4.78, 5) is 20.0. The van der Waals surface area contributed by atoms with Crippen molar-refractivity contribution in [2.75, 3.05) is 37.0 Å². The Kier molecular flexibility index (Phi) is 6.90. The van der Waals surface area contributed by atoms with E-state index in [1.54, 1.807) is 0 Å². The van der Waals surface area contributed by atoms with Crippen molar-refractivity contribution in [3.8, 4) is 11.3 Å². The number of anilines is 2. The Morgan fingerprint density at radius 2 is 2.06 bits per heavy atom. The van der Waals surface area contributed by atoms with E-state index in [1.807, 2.05) is 16.5 Å². The number of carbonyl (C=O) groups is 1. The van der Waals surface area contributed by atoms with Crippen LogP contribution < -0.4 is 15.5 Å². The van der Waals surface area contributed by atoms with Gasteiger partial charge in [0, 0.05) is 31.3 Å². The number of hydrogen-bond acceptors (Lipinski definition) is 7. The smallest absolute Gasteiger partial charge is 0.239 e. The predicted molar refractivity (Wildman–Crippen MR) is 134 cm³/mol. The Hall–Kier alpha value is -2.65. The van der Waals surface area contributed by atoms with E-state index >= 15 is 0 Å². The van der Waals surface area contributed by atoms with Crippen molar-refractivity contribution in [2.45, 2.75) is 58.6 Å². The Labute approximate surface area is 199 Å². The molecule has 1 unspecified atom stereocenters. The van der Waals surface area contributed by atoms with E-state index in [0.29, 0.717) is 6.54 Å². The van der Waals surface area contributed by atoms with Crippen LogP contribution in [0, 0.1) is 0 Å². The second-order valence-corrected chi connectivity index (χ2v) is 10.5. The first-order chi connectivity index (χ1) is 15.7. The molecule has 1 saturated heterocycles. The van der Waals surface area contributed by atoms with Gasteiger partial charge in [0.05, 0.1) is 12.6 Å². The number of rotatable bonds is 8. The SMILES string of the molecule is CCc1ccc(-c2nc3sc(N(C)CC(=O)NCC4CCCO4)nn3c2NC(C)(C)C)cc1. The molecule has 0 radical (unpaired) electrons. The number of hydrogen-bond donors (Lipinski definition) is 2. The molecule has 0 bridgehead atoms. The number of aromatic nitrogens is 3. The molecular formula is C24H34N6O2S. The van der Waals surface area contributed by atoms with Gasteiger partial charge < -0.3 is 20.3 Å². The maximum absolute atomic E-state index is 12.4. The number of carbonyl (C=O) groups excluding carboxylic acids is 1. The monoisotopic (exact) mass is 470 g/mol. The standard InChI is InChI=1S/C24H34N6O2S/c1-6-16-9-11-17(12-10-16)20-21(27-24(2,3)4)30-22(26-20)33-23(28-30)29(5)15-19(31)25-14-18-8-7-13-32-18/h9-12,18,27H,6-8,13-15H2,1-5H3,(H,25,31). The normalized spacial score (nSPS) is 16.3. The van der Waals surface area contributed by atoms with Crippen molar-refractivity contribution in [2.24, 2.45) is 0 Å². The lowest BCUT2D eigenvalue weighted by atomic mass is 10.1. The van der Waals surface area contributed by atoms with Crippen molar-refractivity contribution in [1.82, 2.24) is 19.9 Å². The summed E-state index contributed by atoms with van der Waals surface area (Å²) >= 11 is 1.48. The van der Waals surface area contributed by atoms with Crippen LogP contribution in [0.4, 0.5) is 10.9 Å². The first kappa shape index (κ1) is 23.5. The number of amides is 1. The Balaban J connectivity index is 1.55. The van der Waals surface area contributed by atoms with E-state index in [0.717, 1.165) is 53.0 Å². The minimum atomic E-state index is -0.161. The van der Waals surface area contributed by atoms with Gasteiger partial charge in [0.1, 0.15) is 5.69 Å². The molecule has 3 heterocycles. The summed E-state index contributed by atoms with van der Waals surface area (Å²) in [5.74, 6) is 0.825. The summed E-state index contributed by atoms with van der Waals surface area (Å²) in [5, 5.41) is 12.1. The second-order valence-electron chi connectivity index (χ2n) is 9.61. The van der Waals surface area contributed by atoms with E-state index in [-0.39, 0.29) is 24.1 Å². The number of benzene rings is 1. The van der Waals surface area contributed by atoms with Crippen LogP contribution in [0.1, 0.15) is 46.1 Å². The molecule has 8 nitrogen and oxygen atoms in total. The highest BCUT2D eigenvalue weighted by Gasteiger charge is 2.23. The Morgan fingerprint density at radius 1 is 1.30 bits per heavy atom. The fourth-order valence-corrected chi connectivity index (χ4v) is 4.69. The van der Waals surface area contributed by atoms with E-state index in [9.17, 15) is 4.79 Å². The number of ether oxygens (including phenoxy) is 1. The van der Waals surface area contributed by atoms with Crippen LogP contribution in [0.5, 0.6) is 0 Å². The van der Waals surface area contributed by atoms with E-state index in [4.69, 9.17) is 14.8 Å². The first-order valence-electron chi connectivity index (χ1n) is 11.6. The van der Waals surface area contributed by atoms with Crippen LogP contribution in [0.2, 0.25) is 0 Å². The Bertz CT molecular complexity index is 1090. The van der Waals surface area contributed by atoms with Gasteiger partial charge in [-0.25, -0.2) is 4.98 Å². The highest BCUT2D eigenvalue weighted by Crippen LogP contribution is 2.34. The van der Waals surface area contributed by atoms with Crippen LogP contribution in [-0.4, -0.2) is 58.9 Å². The summed E-state index contributed by atoms with van der Waals surface area (Å²) in [5.41, 5.74) is 3.08. The van der Waals surface area contributed by atoms with Gasteiger partial charge >= 0.3 is 0 Å². The van der Waals surface area contributed by atoms with Crippen molar-refractivity contribution < 1.29 is 9.53 Å². The topological polar surface area (TPSA) is 83.8 Å². The third-order valence-corrected chi connectivity index (χ3v) is 6.60. The van der Waals surface area contributed by atoms with Crippen LogP contribution in [0.25, 0.3) is 16.2 Å². The molecule has 2 aromatic heterocycles. The van der Waals surface area contributed by atoms with Crippen LogP contribution in [0.15, 0.2) is 24.3 Å². The molecule has 1 atom stereocenters. The number of imidazole rings is 1. The summed E-state index contributed by atoms with van der Waals surface area (Å²) in [7, 11) is 1.88. The number of fused-ring (bicyclic) bond motifs is 1. The zero-order valence-electron chi connectivity index (χ0n) is 20.1. The van der Waals surface area contributed by atoms with E-state index in [2.05, 4.69) is 62.6 Å². The molecule has 2 N–H and O–H groups in total. The zero-order valence-corrected chi connectivity index (χ0v) is 21.0. The fourth-order valence-electron chi connectivity index (χ4n) is 3.83. The zero-order chi connectivity index (χ0) is 23.6. The minimum Gasteiger partial charge on any atom is -0.376 e. The third kappa shape index (κ3) is 5.65. The van der Waals surface area contributed by atoms with Crippen molar-refractivity contribution in [3.63, 3.8) is 0 Å². The van der Waals surface area contributed by atoms with Gasteiger partial charge in [-0.2, -0.15) is 4.52 Å². The molecule has 1 aromatic carbocycles. The number of aryl methyl sites for hydroxylation is 1. The molecule has 9 heteroatoms. The van der Waals surface area contributed by atoms with Crippen LogP contribution in [0.3, 0.4) is 0 Å². The summed E-state index contributed by atoms with van der Waals surface area (Å²) in [6.07, 6.45) is 3.21. The highest BCUT2D eigenvalue weighted by atomic mass is 32.1. The molecule has 1 aliphatic heterocycles. The van der Waals surface area contributed by atoms with E-state index in [1.165, 1.54) is 16.9 Å². The number of nitrogens with one attached hydrogen (secondary N) is 2. The average Bonchev–Trinajstić information content (AvgIpc) is 3.49. The molecule has 4 rings (SSSR count). The Morgan fingerprint density at radius 3 is 2.70 bits per heavy atom. The lowest BCUT2D eigenvalue weighted by molar-refractivity contribution is -0.120. The molecule has 33 heavy (non-hydrogen) atoms. The lowest BCUT2D eigenvalue weighted by Gasteiger charge is -2.22. The molecular weight excluding hydrogens is 436 g/mol. The summed E-state index contributed by atoms with van der Waals surface area (Å²) in [6, 6.07) is 8.52. The quantitative estimate of drug-likeness (QED) is 0.518. The van der Waals surface area contributed by atoms with Crippen molar-refractivity contribution >= 4 is 33.2 Å².